The fourth-order valence-corrected chi connectivity index (χ4v) is 2.72. The molecular weight excluding hydrogens is 342 g/mol. The van der Waals surface area contributed by atoms with Gasteiger partial charge >= 0.3 is 5.97 Å². The predicted molar refractivity (Wildman–Crippen MR) is 104 cm³/mol. The number of rotatable bonds is 9. The molecule has 2 aromatic rings. The van der Waals surface area contributed by atoms with Crippen LogP contribution in [0.1, 0.15) is 25.0 Å². The Morgan fingerprint density at radius 2 is 1.67 bits per heavy atom. The number of esters is 1. The van der Waals surface area contributed by atoms with Crippen molar-refractivity contribution in [1.29, 1.82) is 0 Å². The van der Waals surface area contributed by atoms with Crippen molar-refractivity contribution >= 4 is 11.9 Å². The highest BCUT2D eigenvalue weighted by Crippen LogP contribution is 2.14. The zero-order chi connectivity index (χ0) is 19.6. The number of hydrogen-bond acceptors (Lipinski definition) is 4. The van der Waals surface area contributed by atoms with E-state index in [1.54, 1.807) is 11.8 Å². The maximum Gasteiger partial charge on any atom is 0.310 e. The third-order valence-electron chi connectivity index (χ3n) is 4.36. The number of hydrogen-bond donors (Lipinski definition) is 0. The van der Waals surface area contributed by atoms with Crippen LogP contribution in [0.4, 0.5) is 0 Å². The summed E-state index contributed by atoms with van der Waals surface area (Å²) in [7, 11) is 1.35. The van der Waals surface area contributed by atoms with Gasteiger partial charge in [0.1, 0.15) is 5.75 Å². The number of carbonyl (C=O) groups excluding carboxylic acids is 2. The second-order valence-corrected chi connectivity index (χ2v) is 6.47. The molecule has 0 saturated carbocycles. The van der Waals surface area contributed by atoms with Crippen molar-refractivity contribution in [2.75, 3.05) is 20.3 Å². The molecule has 2 aromatic carbocycles. The topological polar surface area (TPSA) is 55.8 Å². The van der Waals surface area contributed by atoms with Gasteiger partial charge < -0.3 is 14.4 Å². The molecule has 0 radical (unpaired) electrons. The van der Waals surface area contributed by atoms with Crippen molar-refractivity contribution in [3.63, 3.8) is 0 Å². The summed E-state index contributed by atoms with van der Waals surface area (Å²) in [5.74, 6) is -0.265. The van der Waals surface area contributed by atoms with Crippen molar-refractivity contribution in [3.8, 4) is 5.75 Å². The Bertz CT molecular complexity index is 728. The average Bonchev–Trinajstić information content (AvgIpc) is 2.71. The Morgan fingerprint density at radius 1 is 1.00 bits per heavy atom. The summed E-state index contributed by atoms with van der Waals surface area (Å²) in [6, 6.07) is 17.4. The Kier molecular flexibility index (Phi) is 7.86. The molecule has 1 amide bonds. The number of methoxy groups -OCH3 is 1. The van der Waals surface area contributed by atoms with Crippen molar-refractivity contribution < 1.29 is 19.1 Å². The number of carbonyl (C=O) groups is 2. The summed E-state index contributed by atoms with van der Waals surface area (Å²) in [5.41, 5.74) is 2.21. The lowest BCUT2D eigenvalue weighted by Gasteiger charge is -2.25. The van der Waals surface area contributed by atoms with Gasteiger partial charge in [-0.2, -0.15) is 0 Å². The standard InChI is InChI=1S/C22H27NO4/c1-4-18-10-12-20(13-11-18)27-16-21(24)23(14-17(2)22(25)26-3)15-19-8-6-5-7-9-19/h5-13,17H,4,14-16H2,1-3H3. The van der Waals surface area contributed by atoms with Crippen LogP contribution < -0.4 is 4.74 Å². The van der Waals surface area contributed by atoms with E-state index < -0.39 is 5.92 Å². The molecule has 1 unspecified atom stereocenters. The van der Waals surface area contributed by atoms with E-state index in [-0.39, 0.29) is 25.0 Å². The molecule has 0 N–H and O–H groups in total. The van der Waals surface area contributed by atoms with Gasteiger partial charge in [-0.1, -0.05) is 56.3 Å². The molecule has 0 aromatic heterocycles. The van der Waals surface area contributed by atoms with E-state index in [1.807, 2.05) is 54.6 Å². The predicted octanol–water partition coefficient (Wildman–Crippen LogP) is 3.47. The molecule has 5 nitrogen and oxygen atoms in total. The Hall–Kier alpha value is -2.82. The molecule has 0 aliphatic rings. The van der Waals surface area contributed by atoms with Gasteiger partial charge in [-0.3, -0.25) is 9.59 Å². The number of aryl methyl sites for hydroxylation is 1. The van der Waals surface area contributed by atoms with Gasteiger partial charge in [0.05, 0.1) is 13.0 Å². The van der Waals surface area contributed by atoms with Gasteiger partial charge in [-0.15, -0.1) is 0 Å². The van der Waals surface area contributed by atoms with Crippen LogP contribution in [-0.4, -0.2) is 37.0 Å². The third-order valence-corrected chi connectivity index (χ3v) is 4.36. The number of ether oxygens (including phenoxy) is 2. The third kappa shape index (κ3) is 6.44. The molecule has 0 saturated heterocycles. The summed E-state index contributed by atoms with van der Waals surface area (Å²) < 4.78 is 10.4. The first-order chi connectivity index (χ1) is 13.0. The van der Waals surface area contributed by atoms with Gasteiger partial charge in [0, 0.05) is 13.1 Å². The van der Waals surface area contributed by atoms with Crippen LogP contribution in [0.2, 0.25) is 0 Å². The van der Waals surface area contributed by atoms with Gasteiger partial charge in [-0.25, -0.2) is 0 Å². The molecule has 0 spiro atoms. The average molecular weight is 369 g/mol. The molecule has 0 aliphatic heterocycles. The van der Waals surface area contributed by atoms with Crippen LogP contribution in [0, 0.1) is 5.92 Å². The van der Waals surface area contributed by atoms with E-state index in [0.29, 0.717) is 12.3 Å². The van der Waals surface area contributed by atoms with Crippen LogP contribution >= 0.6 is 0 Å². The molecule has 144 valence electrons. The first kappa shape index (κ1) is 20.5. The van der Waals surface area contributed by atoms with Crippen LogP contribution in [0.3, 0.4) is 0 Å². The van der Waals surface area contributed by atoms with Crippen molar-refractivity contribution in [1.82, 2.24) is 4.90 Å². The first-order valence-electron chi connectivity index (χ1n) is 9.14. The molecule has 1 atom stereocenters. The van der Waals surface area contributed by atoms with E-state index in [9.17, 15) is 9.59 Å². The second-order valence-electron chi connectivity index (χ2n) is 6.47. The lowest BCUT2D eigenvalue weighted by molar-refractivity contribution is -0.147. The van der Waals surface area contributed by atoms with Gasteiger partial charge in [0.25, 0.3) is 5.91 Å². The molecule has 27 heavy (non-hydrogen) atoms. The SMILES string of the molecule is CCc1ccc(OCC(=O)N(Cc2ccccc2)CC(C)C(=O)OC)cc1. The second kappa shape index (κ2) is 10.4. The van der Waals surface area contributed by atoms with E-state index in [0.717, 1.165) is 12.0 Å². The van der Waals surface area contributed by atoms with E-state index in [1.165, 1.54) is 12.7 Å². The quantitative estimate of drug-likeness (QED) is 0.635. The normalized spacial score (nSPS) is 11.5. The molecule has 0 heterocycles. The van der Waals surface area contributed by atoms with Crippen LogP contribution in [-0.2, 0) is 27.3 Å². The van der Waals surface area contributed by atoms with E-state index >= 15 is 0 Å². The van der Waals surface area contributed by atoms with Crippen LogP contribution in [0.5, 0.6) is 5.75 Å². The smallest absolute Gasteiger partial charge is 0.310 e. The highest BCUT2D eigenvalue weighted by Gasteiger charge is 2.22. The fourth-order valence-electron chi connectivity index (χ4n) is 2.72. The lowest BCUT2D eigenvalue weighted by atomic mass is 10.1. The molecular formula is C22H27NO4. The minimum absolute atomic E-state index is 0.0772. The first-order valence-corrected chi connectivity index (χ1v) is 9.14. The zero-order valence-corrected chi connectivity index (χ0v) is 16.2. The van der Waals surface area contributed by atoms with E-state index in [4.69, 9.17) is 9.47 Å². The van der Waals surface area contributed by atoms with Crippen molar-refractivity contribution in [2.24, 2.45) is 5.92 Å². The zero-order valence-electron chi connectivity index (χ0n) is 16.2. The maximum atomic E-state index is 12.7. The minimum Gasteiger partial charge on any atom is -0.484 e. The van der Waals surface area contributed by atoms with Crippen LogP contribution in [0.15, 0.2) is 54.6 Å². The highest BCUT2D eigenvalue weighted by atomic mass is 16.5. The highest BCUT2D eigenvalue weighted by molar-refractivity contribution is 5.79. The monoisotopic (exact) mass is 369 g/mol. The summed E-state index contributed by atoms with van der Waals surface area (Å²) in [5, 5.41) is 0. The van der Waals surface area contributed by atoms with Gasteiger partial charge in [0.15, 0.2) is 6.61 Å². The van der Waals surface area contributed by atoms with Crippen molar-refractivity contribution in [3.05, 3.63) is 65.7 Å². The molecule has 0 aliphatic carbocycles. The Labute approximate surface area is 160 Å². The summed E-state index contributed by atoms with van der Waals surface area (Å²) in [6.45, 7) is 4.45. The number of benzene rings is 2. The molecule has 0 bridgehead atoms. The minimum atomic E-state index is -0.411. The summed E-state index contributed by atoms with van der Waals surface area (Å²) >= 11 is 0. The van der Waals surface area contributed by atoms with Crippen molar-refractivity contribution in [2.45, 2.75) is 26.8 Å². The lowest BCUT2D eigenvalue weighted by Crippen LogP contribution is -2.39. The van der Waals surface area contributed by atoms with E-state index in [2.05, 4.69) is 6.92 Å². The van der Waals surface area contributed by atoms with Gasteiger partial charge in [-0.05, 0) is 29.7 Å². The largest absolute Gasteiger partial charge is 0.484 e. The Balaban J connectivity index is 2.03. The Morgan fingerprint density at radius 3 is 2.26 bits per heavy atom. The van der Waals surface area contributed by atoms with Crippen LogP contribution in [0.25, 0.3) is 0 Å². The van der Waals surface area contributed by atoms with Gasteiger partial charge in [0.2, 0.25) is 0 Å². The summed E-state index contributed by atoms with van der Waals surface area (Å²) in [6.07, 6.45) is 0.954. The maximum absolute atomic E-state index is 12.7. The molecule has 2 rings (SSSR count). The fraction of sp³-hybridized carbons (Fsp3) is 0.364. The number of amides is 1. The number of nitrogens with zero attached hydrogens (tertiary/aromatic N) is 1. The summed E-state index contributed by atoms with van der Waals surface area (Å²) in [4.78, 5) is 26.1. The molecule has 5 heteroatoms. The molecule has 0 fully saturated rings.